The second-order valence-electron chi connectivity index (χ2n) is 4.74. The third-order valence-electron chi connectivity index (χ3n) is 3.44. The number of hydrogen-bond acceptors (Lipinski definition) is 5. The van der Waals surface area contributed by atoms with Crippen molar-refractivity contribution in [1.82, 2.24) is 10.3 Å². The molecule has 2 atom stereocenters. The van der Waals surface area contributed by atoms with Crippen molar-refractivity contribution in [2.45, 2.75) is 33.2 Å². The molecule has 0 fully saturated rings. The minimum Gasteiger partial charge on any atom is -0.373 e. The minimum absolute atomic E-state index is 0.0181. The normalized spacial score (nSPS) is 13.4. The van der Waals surface area contributed by atoms with Crippen molar-refractivity contribution in [2.75, 3.05) is 12.4 Å². The van der Waals surface area contributed by atoms with Gasteiger partial charge in [0.15, 0.2) is 0 Å². The first-order chi connectivity index (χ1) is 9.40. The highest BCUT2D eigenvalue weighted by Crippen LogP contribution is 2.20. The number of nitrogens with zero attached hydrogens (tertiary/aromatic N) is 2. The molecule has 7 heteroatoms. The van der Waals surface area contributed by atoms with Crippen LogP contribution in [0.4, 0.5) is 11.5 Å². The molecule has 1 heterocycles. The third-order valence-corrected chi connectivity index (χ3v) is 3.44. The zero-order valence-electron chi connectivity index (χ0n) is 12.1. The molecule has 0 aliphatic carbocycles. The highest BCUT2D eigenvalue weighted by atomic mass is 16.6. The first-order valence-corrected chi connectivity index (χ1v) is 6.53. The van der Waals surface area contributed by atoms with Crippen LogP contribution < -0.4 is 10.6 Å². The fourth-order valence-corrected chi connectivity index (χ4v) is 1.69. The second kappa shape index (κ2) is 6.83. The summed E-state index contributed by atoms with van der Waals surface area (Å²) in [6, 6.07) is 1.33. The monoisotopic (exact) mass is 280 g/mol. The topological polar surface area (TPSA) is 97.2 Å². The standard InChI is InChI=1S/C13H20N4O3/c1-5-8(2)9(3)16-13(18)10-6-12(14-4)15-7-11(10)17(19)20/h6-9H,5H2,1-4H3,(H,14,15)(H,16,18). The zero-order chi connectivity index (χ0) is 15.3. The SMILES string of the molecule is CCC(C)C(C)NC(=O)c1cc(NC)ncc1[N+](=O)[O-]. The van der Waals surface area contributed by atoms with E-state index in [0.29, 0.717) is 11.7 Å². The van der Waals surface area contributed by atoms with Gasteiger partial charge in [-0.25, -0.2) is 4.98 Å². The van der Waals surface area contributed by atoms with Crippen LogP contribution in [0.3, 0.4) is 0 Å². The Morgan fingerprint density at radius 3 is 2.65 bits per heavy atom. The molecule has 2 N–H and O–H groups in total. The van der Waals surface area contributed by atoms with Gasteiger partial charge in [-0.05, 0) is 12.8 Å². The second-order valence-corrected chi connectivity index (χ2v) is 4.74. The Labute approximate surface area is 117 Å². The summed E-state index contributed by atoms with van der Waals surface area (Å²) >= 11 is 0. The lowest BCUT2D eigenvalue weighted by atomic mass is 10.0. The number of nitro groups is 1. The predicted octanol–water partition coefficient (Wildman–Crippen LogP) is 2.20. The van der Waals surface area contributed by atoms with Gasteiger partial charge in [-0.3, -0.25) is 14.9 Å². The number of rotatable bonds is 6. The van der Waals surface area contributed by atoms with Crippen molar-refractivity contribution in [3.05, 3.63) is 27.9 Å². The van der Waals surface area contributed by atoms with E-state index in [-0.39, 0.29) is 17.3 Å². The van der Waals surface area contributed by atoms with Crippen LogP contribution in [0.15, 0.2) is 12.3 Å². The maximum atomic E-state index is 12.2. The molecular formula is C13H20N4O3. The van der Waals surface area contributed by atoms with E-state index in [1.54, 1.807) is 7.05 Å². The van der Waals surface area contributed by atoms with E-state index < -0.39 is 10.8 Å². The van der Waals surface area contributed by atoms with Gasteiger partial charge in [0.2, 0.25) is 0 Å². The van der Waals surface area contributed by atoms with Gasteiger partial charge in [-0.2, -0.15) is 0 Å². The van der Waals surface area contributed by atoms with Gasteiger partial charge in [0.1, 0.15) is 17.6 Å². The van der Waals surface area contributed by atoms with Crippen molar-refractivity contribution in [2.24, 2.45) is 5.92 Å². The van der Waals surface area contributed by atoms with Crippen molar-refractivity contribution >= 4 is 17.4 Å². The molecule has 1 aromatic rings. The molecule has 0 saturated carbocycles. The van der Waals surface area contributed by atoms with Crippen molar-refractivity contribution in [3.63, 3.8) is 0 Å². The lowest BCUT2D eigenvalue weighted by Crippen LogP contribution is -2.37. The van der Waals surface area contributed by atoms with E-state index in [0.717, 1.165) is 12.6 Å². The van der Waals surface area contributed by atoms with E-state index in [2.05, 4.69) is 15.6 Å². The van der Waals surface area contributed by atoms with Gasteiger partial charge in [-0.15, -0.1) is 0 Å². The Bertz CT molecular complexity index is 504. The minimum atomic E-state index is -0.602. The highest BCUT2D eigenvalue weighted by Gasteiger charge is 2.23. The van der Waals surface area contributed by atoms with Crippen LogP contribution in [-0.4, -0.2) is 28.9 Å². The molecule has 1 rings (SSSR count). The Morgan fingerprint density at radius 1 is 1.50 bits per heavy atom. The largest absolute Gasteiger partial charge is 0.373 e. The molecule has 1 aromatic heterocycles. The molecule has 0 aromatic carbocycles. The van der Waals surface area contributed by atoms with E-state index in [4.69, 9.17) is 0 Å². The van der Waals surface area contributed by atoms with Crippen LogP contribution in [0, 0.1) is 16.0 Å². The Balaban J connectivity index is 3.04. The average molecular weight is 280 g/mol. The number of carbonyl (C=O) groups is 1. The molecule has 1 amide bonds. The fraction of sp³-hybridized carbons (Fsp3) is 0.538. The summed E-state index contributed by atoms with van der Waals surface area (Å²) in [6.45, 7) is 5.93. The number of pyridine rings is 1. The molecule has 20 heavy (non-hydrogen) atoms. The maximum Gasteiger partial charge on any atom is 0.300 e. The summed E-state index contributed by atoms with van der Waals surface area (Å²) in [5.41, 5.74) is -0.276. The molecule has 0 radical (unpaired) electrons. The molecule has 0 aliphatic heterocycles. The molecule has 7 nitrogen and oxygen atoms in total. The summed E-state index contributed by atoms with van der Waals surface area (Å²) < 4.78 is 0. The summed E-state index contributed by atoms with van der Waals surface area (Å²) in [6.07, 6.45) is 2.01. The average Bonchev–Trinajstić information content (AvgIpc) is 2.45. The molecule has 0 spiro atoms. The smallest absolute Gasteiger partial charge is 0.300 e. The Hall–Kier alpha value is -2.18. The molecule has 110 valence electrons. The van der Waals surface area contributed by atoms with Crippen LogP contribution >= 0.6 is 0 Å². The lowest BCUT2D eigenvalue weighted by Gasteiger charge is -2.19. The van der Waals surface area contributed by atoms with E-state index in [1.165, 1.54) is 6.07 Å². The van der Waals surface area contributed by atoms with Crippen LogP contribution in [-0.2, 0) is 0 Å². The number of nitrogens with one attached hydrogen (secondary N) is 2. The molecule has 2 unspecified atom stereocenters. The van der Waals surface area contributed by atoms with Crippen LogP contribution in [0.5, 0.6) is 0 Å². The molecular weight excluding hydrogens is 260 g/mol. The first kappa shape index (κ1) is 15.9. The van der Waals surface area contributed by atoms with Crippen LogP contribution in [0.25, 0.3) is 0 Å². The predicted molar refractivity (Wildman–Crippen MR) is 76.8 cm³/mol. The van der Waals surface area contributed by atoms with E-state index >= 15 is 0 Å². The maximum absolute atomic E-state index is 12.2. The first-order valence-electron chi connectivity index (χ1n) is 6.53. The summed E-state index contributed by atoms with van der Waals surface area (Å²) in [5.74, 6) is 0.254. The van der Waals surface area contributed by atoms with Crippen molar-refractivity contribution in [1.29, 1.82) is 0 Å². The summed E-state index contributed by atoms with van der Waals surface area (Å²) in [4.78, 5) is 26.4. The highest BCUT2D eigenvalue weighted by molar-refractivity contribution is 5.98. The zero-order valence-corrected chi connectivity index (χ0v) is 12.1. The van der Waals surface area contributed by atoms with Gasteiger partial charge in [0.25, 0.3) is 11.6 Å². The number of anilines is 1. The van der Waals surface area contributed by atoms with Gasteiger partial charge < -0.3 is 10.6 Å². The van der Waals surface area contributed by atoms with E-state index in [1.807, 2.05) is 20.8 Å². The molecule has 0 saturated heterocycles. The van der Waals surface area contributed by atoms with Gasteiger partial charge in [0.05, 0.1) is 4.92 Å². The van der Waals surface area contributed by atoms with Crippen molar-refractivity contribution in [3.8, 4) is 0 Å². The number of amides is 1. The molecule has 0 aliphatic rings. The van der Waals surface area contributed by atoms with Crippen molar-refractivity contribution < 1.29 is 9.72 Å². The lowest BCUT2D eigenvalue weighted by molar-refractivity contribution is -0.385. The Kier molecular flexibility index (Phi) is 5.42. The van der Waals surface area contributed by atoms with E-state index in [9.17, 15) is 14.9 Å². The number of hydrogen-bond donors (Lipinski definition) is 2. The summed E-state index contributed by atoms with van der Waals surface area (Å²) in [7, 11) is 1.64. The number of aromatic nitrogens is 1. The number of carbonyl (C=O) groups excluding carboxylic acids is 1. The van der Waals surface area contributed by atoms with Gasteiger partial charge in [-0.1, -0.05) is 20.3 Å². The quantitative estimate of drug-likeness (QED) is 0.615. The van der Waals surface area contributed by atoms with Crippen LogP contribution in [0.2, 0.25) is 0 Å². The van der Waals surface area contributed by atoms with Crippen LogP contribution in [0.1, 0.15) is 37.6 Å². The van der Waals surface area contributed by atoms with Gasteiger partial charge >= 0.3 is 0 Å². The fourth-order valence-electron chi connectivity index (χ4n) is 1.69. The third kappa shape index (κ3) is 3.66. The van der Waals surface area contributed by atoms with Gasteiger partial charge in [0, 0.05) is 19.2 Å². The molecule has 0 bridgehead atoms. The summed E-state index contributed by atoms with van der Waals surface area (Å²) in [5, 5.41) is 16.5. The Morgan fingerprint density at radius 2 is 2.15 bits per heavy atom.